The monoisotopic (exact) mass is 239 g/mol. The third-order valence-corrected chi connectivity index (χ3v) is 1.78. The molecule has 0 aromatic heterocycles. The summed E-state index contributed by atoms with van der Waals surface area (Å²) in [6.45, 7) is -0.227. The summed E-state index contributed by atoms with van der Waals surface area (Å²) >= 11 is 0. The first-order chi connectivity index (χ1) is 8.26. The number of para-hydroxylation sites is 1. The predicted octanol–water partition coefficient (Wildman–Crippen LogP) is 1.42. The van der Waals surface area contributed by atoms with Gasteiger partial charge >= 0.3 is 0 Å². The fourth-order valence-corrected chi connectivity index (χ4v) is 1.07. The molecule has 0 radical (unpaired) electrons. The molecule has 0 atom stereocenters. The number of hydrogen-bond donors (Lipinski definition) is 1. The Hall–Kier alpha value is -2.31. The van der Waals surface area contributed by atoms with Crippen molar-refractivity contribution in [1.82, 2.24) is 0 Å². The van der Waals surface area contributed by atoms with Crippen LogP contribution in [0.2, 0.25) is 0 Å². The van der Waals surface area contributed by atoms with E-state index in [0.717, 1.165) is 0 Å². The molecule has 1 rings (SSSR count). The van der Waals surface area contributed by atoms with E-state index in [-0.39, 0.29) is 23.7 Å². The highest BCUT2D eigenvalue weighted by atomic mass is 16.7. The molecule has 7 nitrogen and oxygen atoms in total. The lowest BCUT2D eigenvalue weighted by molar-refractivity contribution is -0.543. The van der Waals surface area contributed by atoms with Gasteiger partial charge in [0.05, 0.1) is 0 Å². The van der Waals surface area contributed by atoms with E-state index in [1.165, 1.54) is 7.11 Å². The van der Waals surface area contributed by atoms with E-state index in [1.54, 1.807) is 12.1 Å². The molecule has 0 aliphatic heterocycles. The average molecular weight is 239 g/mol. The smallest absolute Gasteiger partial charge is 0.228 e. The average Bonchev–Trinajstić information content (AvgIpc) is 2.36. The van der Waals surface area contributed by atoms with Crippen molar-refractivity contribution in [2.24, 2.45) is 10.4 Å². The van der Waals surface area contributed by atoms with Crippen LogP contribution in [-0.4, -0.2) is 36.0 Å². The number of oxime groups is 1. The van der Waals surface area contributed by atoms with Crippen molar-refractivity contribution in [3.8, 4) is 5.75 Å². The van der Waals surface area contributed by atoms with Crippen LogP contribution in [0.15, 0.2) is 40.8 Å². The molecule has 0 spiro atoms. The van der Waals surface area contributed by atoms with Gasteiger partial charge in [-0.3, -0.25) is 0 Å². The second-order valence-electron chi connectivity index (χ2n) is 3.04. The lowest BCUT2D eigenvalue weighted by Crippen LogP contribution is -2.21. The summed E-state index contributed by atoms with van der Waals surface area (Å²) in [6, 6.07) is 8.98. The maximum absolute atomic E-state index is 11.0. The first-order valence-electron chi connectivity index (χ1n) is 4.82. The molecule has 7 heteroatoms. The van der Waals surface area contributed by atoms with Crippen LogP contribution in [-0.2, 0) is 4.84 Å². The predicted molar refractivity (Wildman–Crippen MR) is 59.1 cm³/mol. The quantitative estimate of drug-likeness (QED) is 0.267. The summed E-state index contributed by atoms with van der Waals surface area (Å²) in [7, 11) is 1.25. The van der Waals surface area contributed by atoms with Gasteiger partial charge in [-0.2, -0.15) is 0 Å². The van der Waals surface area contributed by atoms with Gasteiger partial charge in [-0.25, -0.2) is 0 Å². The van der Waals surface area contributed by atoms with Crippen molar-refractivity contribution in [3.05, 3.63) is 35.5 Å². The van der Waals surface area contributed by atoms with Crippen molar-refractivity contribution in [3.63, 3.8) is 0 Å². The van der Waals surface area contributed by atoms with E-state index in [9.17, 15) is 5.21 Å². The lowest BCUT2D eigenvalue weighted by Gasteiger charge is -2.05. The van der Waals surface area contributed by atoms with Crippen LogP contribution in [0.4, 0.5) is 0 Å². The van der Waals surface area contributed by atoms with Crippen molar-refractivity contribution in [1.29, 1.82) is 0 Å². The highest BCUT2D eigenvalue weighted by Crippen LogP contribution is 2.07. The van der Waals surface area contributed by atoms with Gasteiger partial charge in [0.15, 0.2) is 11.0 Å². The second kappa shape index (κ2) is 7.04. The minimum atomic E-state index is -0.225. The molecule has 92 valence electrons. The Labute approximate surface area is 98.1 Å². The van der Waals surface area contributed by atoms with Crippen LogP contribution in [0, 0.1) is 5.21 Å². The second-order valence-corrected chi connectivity index (χ2v) is 3.04. The minimum Gasteiger partial charge on any atom is -0.597 e. The van der Waals surface area contributed by atoms with Gasteiger partial charge < -0.3 is 20.0 Å². The molecule has 0 amide bonds. The Morgan fingerprint density at radius 2 is 2.12 bits per heavy atom. The Kier molecular flexibility index (Phi) is 5.29. The van der Waals surface area contributed by atoms with Gasteiger partial charge in [0.2, 0.25) is 6.54 Å². The van der Waals surface area contributed by atoms with Crippen LogP contribution in [0.1, 0.15) is 0 Å². The van der Waals surface area contributed by atoms with Crippen LogP contribution < -0.4 is 4.74 Å². The molecular formula is C10H13N3O4. The fourth-order valence-electron chi connectivity index (χ4n) is 1.07. The summed E-state index contributed by atoms with van der Waals surface area (Å²) in [6.07, 6.45) is 0. The highest BCUT2D eigenvalue weighted by molar-refractivity contribution is 5.86. The molecule has 0 saturated heterocycles. The number of hydrogen-bond acceptors (Lipinski definition) is 6. The van der Waals surface area contributed by atoms with E-state index in [4.69, 9.17) is 9.94 Å². The molecule has 0 aliphatic rings. The van der Waals surface area contributed by atoms with Gasteiger partial charge in [0.25, 0.3) is 0 Å². The number of ether oxygens (including phenoxy) is 1. The standard InChI is InChI=1S/C10H13N3O4/c1-16-12-13(15)7-9(11-14)8-17-10-5-3-2-4-6-10/h2-6,14H,7-8H2,1H3/b11-9-,13-12+. The van der Waals surface area contributed by atoms with Crippen molar-refractivity contribution >= 4 is 5.71 Å². The third-order valence-electron chi connectivity index (χ3n) is 1.78. The molecule has 0 heterocycles. The van der Waals surface area contributed by atoms with Crippen molar-refractivity contribution in [2.75, 3.05) is 20.3 Å². The molecule has 1 aromatic carbocycles. The molecule has 1 N–H and O–H groups in total. The van der Waals surface area contributed by atoms with Crippen LogP contribution in [0.25, 0.3) is 0 Å². The van der Waals surface area contributed by atoms with Gasteiger partial charge in [-0.15, -0.1) is 0 Å². The van der Waals surface area contributed by atoms with Gasteiger partial charge in [0, 0.05) is 0 Å². The fraction of sp³-hybridized carbons (Fsp3) is 0.300. The zero-order valence-corrected chi connectivity index (χ0v) is 9.31. The third kappa shape index (κ3) is 4.83. The van der Waals surface area contributed by atoms with Crippen LogP contribution >= 0.6 is 0 Å². The van der Waals surface area contributed by atoms with Gasteiger partial charge in [-0.05, 0) is 17.0 Å². The normalized spacial score (nSPS) is 12.3. The topological polar surface area (TPSA) is 89.5 Å². The Balaban J connectivity index is 2.46. The van der Waals surface area contributed by atoms with Gasteiger partial charge in [-0.1, -0.05) is 23.4 Å². The van der Waals surface area contributed by atoms with E-state index in [0.29, 0.717) is 5.75 Å². The summed E-state index contributed by atoms with van der Waals surface area (Å²) in [4.78, 5) is 4.53. The largest absolute Gasteiger partial charge is 0.597 e. The molecule has 1 aromatic rings. The van der Waals surface area contributed by atoms with E-state index in [2.05, 4.69) is 15.3 Å². The number of nitrogens with zero attached hydrogens (tertiary/aromatic N) is 3. The number of hydroxylamine groups is 1. The van der Waals surface area contributed by atoms with E-state index < -0.39 is 0 Å². The number of rotatable bonds is 6. The van der Waals surface area contributed by atoms with E-state index >= 15 is 0 Å². The molecule has 0 saturated carbocycles. The molecule has 0 aliphatic carbocycles. The molecule has 17 heavy (non-hydrogen) atoms. The summed E-state index contributed by atoms with van der Waals surface area (Å²) in [5.74, 6) is 0.620. The minimum absolute atomic E-state index is 0.00150. The Morgan fingerprint density at radius 3 is 2.71 bits per heavy atom. The Bertz CT molecular complexity index is 392. The van der Waals surface area contributed by atoms with Crippen LogP contribution in [0.3, 0.4) is 0 Å². The lowest BCUT2D eigenvalue weighted by atomic mass is 10.3. The summed E-state index contributed by atoms with van der Waals surface area (Å²) < 4.78 is 5.30. The zero-order valence-electron chi connectivity index (χ0n) is 9.31. The first-order valence-corrected chi connectivity index (χ1v) is 4.82. The first kappa shape index (κ1) is 12.8. The summed E-state index contributed by atoms with van der Waals surface area (Å²) in [5, 5.41) is 25.7. The Morgan fingerprint density at radius 1 is 1.41 bits per heavy atom. The maximum Gasteiger partial charge on any atom is 0.228 e. The number of benzene rings is 1. The van der Waals surface area contributed by atoms with Gasteiger partial charge in [0.1, 0.15) is 19.5 Å². The zero-order chi connectivity index (χ0) is 12.5. The molecule has 0 bridgehead atoms. The van der Waals surface area contributed by atoms with Crippen molar-refractivity contribution < 1.29 is 19.6 Å². The molecule has 0 fully saturated rings. The molecule has 0 unspecified atom stereocenters. The SMILES string of the molecule is CO/N=[N+](/[O-])C/C(COc1ccccc1)=N/O. The maximum atomic E-state index is 11.0. The summed E-state index contributed by atoms with van der Waals surface area (Å²) in [5.41, 5.74) is 0.143. The molecular weight excluding hydrogens is 226 g/mol. The highest BCUT2D eigenvalue weighted by Gasteiger charge is 2.08. The van der Waals surface area contributed by atoms with E-state index in [1.807, 2.05) is 18.2 Å². The van der Waals surface area contributed by atoms with Crippen molar-refractivity contribution in [2.45, 2.75) is 0 Å². The van der Waals surface area contributed by atoms with Crippen LogP contribution in [0.5, 0.6) is 5.75 Å².